The Labute approximate surface area is 227 Å². The molecule has 0 bridgehead atoms. The summed E-state index contributed by atoms with van der Waals surface area (Å²) in [5.41, 5.74) is -0.495. The minimum Gasteiger partial charge on any atom is -0.396 e. The lowest BCUT2D eigenvalue weighted by molar-refractivity contribution is -0.520. The van der Waals surface area contributed by atoms with Crippen LogP contribution >= 0.6 is 0 Å². The third-order valence-electron chi connectivity index (χ3n) is 14.0. The summed E-state index contributed by atoms with van der Waals surface area (Å²) in [5, 5.41) is 31.4. The molecular formula is C31H50O7. The number of hydrogen-bond donors (Lipinski definition) is 3. The predicted octanol–water partition coefficient (Wildman–Crippen LogP) is 3.58. The molecule has 7 rings (SSSR count). The van der Waals surface area contributed by atoms with Crippen LogP contribution in [0.25, 0.3) is 0 Å². The molecule has 38 heavy (non-hydrogen) atoms. The molecule has 7 nitrogen and oxygen atoms in total. The molecule has 7 aliphatic rings. The van der Waals surface area contributed by atoms with Crippen LogP contribution in [0.3, 0.4) is 0 Å². The van der Waals surface area contributed by atoms with Crippen molar-refractivity contribution in [3.63, 3.8) is 0 Å². The SMILES string of the molecule is CC1CC2CC3CC(C23)C1(C)OC(O)COCC(C)(CO)COCC(O)OC1(C)C2CC3CC4CC1(C)C342. The predicted molar refractivity (Wildman–Crippen MR) is 140 cm³/mol. The smallest absolute Gasteiger partial charge is 0.178 e. The van der Waals surface area contributed by atoms with Gasteiger partial charge in [-0.25, -0.2) is 0 Å². The van der Waals surface area contributed by atoms with Crippen molar-refractivity contribution in [1.29, 1.82) is 0 Å². The maximum Gasteiger partial charge on any atom is 0.178 e. The summed E-state index contributed by atoms with van der Waals surface area (Å²) >= 11 is 0. The van der Waals surface area contributed by atoms with E-state index >= 15 is 0 Å². The Hall–Kier alpha value is -0.280. The molecule has 7 aliphatic carbocycles. The lowest BCUT2D eigenvalue weighted by Crippen LogP contribution is -2.95. The second-order valence-electron chi connectivity index (χ2n) is 15.6. The van der Waals surface area contributed by atoms with Gasteiger partial charge in [-0.2, -0.15) is 0 Å². The molecule has 15 atom stereocenters. The fourth-order valence-corrected chi connectivity index (χ4v) is 11.8. The minimum absolute atomic E-state index is 0.0654. The molecule has 0 heterocycles. The van der Waals surface area contributed by atoms with Crippen molar-refractivity contribution in [3.05, 3.63) is 0 Å². The highest BCUT2D eigenvalue weighted by molar-refractivity contribution is 5.42. The van der Waals surface area contributed by atoms with E-state index in [9.17, 15) is 15.3 Å². The molecular weight excluding hydrogens is 484 g/mol. The molecule has 0 aromatic rings. The topological polar surface area (TPSA) is 97.6 Å². The fraction of sp³-hybridized carbons (Fsp3) is 1.00. The highest BCUT2D eigenvalue weighted by Gasteiger charge is 2.94. The van der Waals surface area contributed by atoms with Gasteiger partial charge in [0, 0.05) is 10.8 Å². The van der Waals surface area contributed by atoms with Gasteiger partial charge in [-0.05, 0) is 105 Å². The summed E-state index contributed by atoms with van der Waals surface area (Å²) in [4.78, 5) is 0. The summed E-state index contributed by atoms with van der Waals surface area (Å²) in [7, 11) is 0. The van der Waals surface area contributed by atoms with Gasteiger partial charge in [0.1, 0.15) is 0 Å². The third-order valence-corrected chi connectivity index (χ3v) is 14.0. The molecule has 0 aromatic carbocycles. The Bertz CT molecular complexity index is 927. The number of aliphatic hydroxyl groups is 3. The largest absolute Gasteiger partial charge is 0.396 e. The van der Waals surface area contributed by atoms with Crippen molar-refractivity contribution in [2.24, 2.45) is 63.6 Å². The zero-order chi connectivity index (χ0) is 26.9. The fourth-order valence-electron chi connectivity index (χ4n) is 11.8. The van der Waals surface area contributed by atoms with Crippen molar-refractivity contribution < 1.29 is 34.3 Å². The summed E-state index contributed by atoms with van der Waals surface area (Å²) in [6.07, 6.45) is 5.71. The lowest BCUT2D eigenvalue weighted by atomic mass is 9.10. The van der Waals surface area contributed by atoms with Crippen LogP contribution in [-0.2, 0) is 18.9 Å². The van der Waals surface area contributed by atoms with Gasteiger partial charge in [-0.15, -0.1) is 0 Å². The molecule has 7 fully saturated rings. The molecule has 7 saturated carbocycles. The molecule has 15 unspecified atom stereocenters. The zero-order valence-corrected chi connectivity index (χ0v) is 24.0. The molecule has 0 aliphatic heterocycles. The van der Waals surface area contributed by atoms with Gasteiger partial charge in [0.15, 0.2) is 12.6 Å². The van der Waals surface area contributed by atoms with Crippen molar-refractivity contribution in [2.45, 2.75) is 96.9 Å². The molecule has 7 heteroatoms. The van der Waals surface area contributed by atoms with Crippen molar-refractivity contribution >= 4 is 0 Å². The number of rotatable bonds is 13. The summed E-state index contributed by atoms with van der Waals surface area (Å²) < 4.78 is 24.2. The number of hydrogen-bond acceptors (Lipinski definition) is 7. The highest BCUT2D eigenvalue weighted by Crippen LogP contribution is 2.96. The van der Waals surface area contributed by atoms with E-state index in [2.05, 4.69) is 27.7 Å². The van der Waals surface area contributed by atoms with E-state index in [4.69, 9.17) is 18.9 Å². The van der Waals surface area contributed by atoms with E-state index in [1.54, 1.807) is 0 Å². The van der Waals surface area contributed by atoms with Crippen LogP contribution in [0.2, 0.25) is 0 Å². The van der Waals surface area contributed by atoms with E-state index in [0.717, 1.165) is 29.6 Å². The summed E-state index contributed by atoms with van der Waals surface area (Å²) in [6.45, 7) is 11.4. The number of aliphatic hydroxyl groups excluding tert-OH is 3. The Morgan fingerprint density at radius 3 is 2.11 bits per heavy atom. The van der Waals surface area contributed by atoms with Gasteiger partial charge in [0.25, 0.3) is 0 Å². The van der Waals surface area contributed by atoms with Crippen LogP contribution in [0, 0.1) is 63.6 Å². The summed E-state index contributed by atoms with van der Waals surface area (Å²) in [6, 6.07) is 0. The Balaban J connectivity index is 0.842. The minimum atomic E-state index is -0.988. The van der Waals surface area contributed by atoms with Gasteiger partial charge < -0.3 is 34.3 Å². The average Bonchev–Trinajstić information content (AvgIpc) is 2.80. The maximum atomic E-state index is 10.7. The van der Waals surface area contributed by atoms with Gasteiger partial charge in [-0.1, -0.05) is 20.8 Å². The maximum absolute atomic E-state index is 10.7. The molecule has 1 spiro atoms. The first kappa shape index (κ1) is 26.6. The average molecular weight is 535 g/mol. The molecule has 0 saturated heterocycles. The normalized spacial score (nSPS) is 55.6. The van der Waals surface area contributed by atoms with E-state index in [1.807, 2.05) is 6.92 Å². The first-order chi connectivity index (χ1) is 17.9. The second kappa shape index (κ2) is 8.39. The Morgan fingerprint density at radius 1 is 0.868 bits per heavy atom. The van der Waals surface area contributed by atoms with Gasteiger partial charge in [-0.3, -0.25) is 0 Å². The van der Waals surface area contributed by atoms with E-state index in [0.29, 0.717) is 23.2 Å². The van der Waals surface area contributed by atoms with Crippen molar-refractivity contribution in [1.82, 2.24) is 0 Å². The van der Waals surface area contributed by atoms with Crippen molar-refractivity contribution in [3.8, 4) is 0 Å². The van der Waals surface area contributed by atoms with Gasteiger partial charge in [0.05, 0.1) is 44.2 Å². The first-order valence-corrected chi connectivity index (χ1v) is 15.4. The number of ether oxygens (including phenoxy) is 4. The van der Waals surface area contributed by atoms with Crippen LogP contribution in [0.5, 0.6) is 0 Å². The molecule has 3 N–H and O–H groups in total. The highest BCUT2D eigenvalue weighted by atomic mass is 16.7. The Morgan fingerprint density at radius 2 is 1.53 bits per heavy atom. The van der Waals surface area contributed by atoms with Gasteiger partial charge >= 0.3 is 0 Å². The zero-order valence-electron chi connectivity index (χ0n) is 24.0. The monoisotopic (exact) mass is 534 g/mol. The molecule has 0 amide bonds. The second-order valence-corrected chi connectivity index (χ2v) is 15.6. The standard InChI is InChI=1S/C31H50O7/c1-17-6-18-7-19-8-22(26(18)19)29(17,4)37-24(33)12-35-15-27(2,14-32)16-36-13-25(34)38-30(5)23-10-20-9-21-11-28(30,3)31(20,21)23/h17-26,32-34H,6-16H2,1-5H3. The molecule has 216 valence electrons. The van der Waals surface area contributed by atoms with Crippen molar-refractivity contribution in [2.75, 3.05) is 33.0 Å². The summed E-state index contributed by atoms with van der Waals surface area (Å²) in [5.74, 6) is 5.89. The van der Waals surface area contributed by atoms with Crippen LogP contribution in [-0.4, -0.2) is 72.1 Å². The third kappa shape index (κ3) is 3.11. The van der Waals surface area contributed by atoms with Crippen LogP contribution < -0.4 is 0 Å². The van der Waals surface area contributed by atoms with Gasteiger partial charge in [0.2, 0.25) is 0 Å². The quantitative estimate of drug-likeness (QED) is 0.311. The first-order valence-electron chi connectivity index (χ1n) is 15.4. The Kier molecular flexibility index (Phi) is 5.88. The van der Waals surface area contributed by atoms with E-state index < -0.39 is 18.0 Å². The van der Waals surface area contributed by atoms with Crippen LogP contribution in [0.15, 0.2) is 0 Å². The lowest BCUT2D eigenvalue weighted by Gasteiger charge is -2.96. The van der Waals surface area contributed by atoms with E-state index in [-0.39, 0.29) is 49.7 Å². The van der Waals surface area contributed by atoms with Crippen LogP contribution in [0.1, 0.15) is 73.1 Å². The molecule has 0 aromatic heterocycles. The molecule has 0 radical (unpaired) electrons. The van der Waals surface area contributed by atoms with E-state index in [1.165, 1.54) is 38.5 Å². The van der Waals surface area contributed by atoms with Crippen LogP contribution in [0.4, 0.5) is 0 Å².